The zero-order valence-corrected chi connectivity index (χ0v) is 16.4. The molecule has 2 aromatic heterocycles. The minimum atomic E-state index is 0.228. The molecule has 0 unspecified atom stereocenters. The van der Waals surface area contributed by atoms with Crippen molar-refractivity contribution in [2.75, 3.05) is 6.61 Å². The van der Waals surface area contributed by atoms with Gasteiger partial charge in [0.25, 0.3) is 0 Å². The fourth-order valence-corrected chi connectivity index (χ4v) is 4.17. The molecule has 3 atom stereocenters. The molecule has 0 saturated carbocycles. The van der Waals surface area contributed by atoms with Gasteiger partial charge in [-0.1, -0.05) is 6.07 Å². The van der Waals surface area contributed by atoms with Crippen molar-refractivity contribution in [1.29, 1.82) is 0 Å². The molecule has 150 valence electrons. The minimum absolute atomic E-state index is 0.228. The topological polar surface area (TPSA) is 71.3 Å². The normalized spacial score (nSPS) is 22.7. The maximum absolute atomic E-state index is 6.06. The lowest BCUT2D eigenvalue weighted by atomic mass is 9.88. The molecular formula is C22H24N4O3. The van der Waals surface area contributed by atoms with Crippen molar-refractivity contribution in [2.24, 2.45) is 0 Å². The van der Waals surface area contributed by atoms with Crippen molar-refractivity contribution >= 4 is 0 Å². The summed E-state index contributed by atoms with van der Waals surface area (Å²) in [7, 11) is 0. The number of benzene rings is 1. The first-order chi connectivity index (χ1) is 14.3. The summed E-state index contributed by atoms with van der Waals surface area (Å²) in [6.07, 6.45) is 5.58. The minimum Gasteiger partial charge on any atom is -0.494 e. The van der Waals surface area contributed by atoms with E-state index in [1.807, 2.05) is 54.1 Å². The monoisotopic (exact) mass is 392 g/mol. The summed E-state index contributed by atoms with van der Waals surface area (Å²) >= 11 is 0. The van der Waals surface area contributed by atoms with Gasteiger partial charge in [-0.2, -0.15) is 4.68 Å². The predicted octanol–water partition coefficient (Wildman–Crippen LogP) is 3.67. The highest BCUT2D eigenvalue weighted by Gasteiger charge is 2.44. The second kappa shape index (κ2) is 7.83. The molecule has 0 N–H and O–H groups in total. The van der Waals surface area contributed by atoms with E-state index < -0.39 is 0 Å². The Labute approximate surface area is 169 Å². The van der Waals surface area contributed by atoms with Gasteiger partial charge in [0, 0.05) is 12.1 Å². The second-order valence-corrected chi connectivity index (χ2v) is 7.40. The van der Waals surface area contributed by atoms with Crippen LogP contribution in [-0.4, -0.2) is 38.6 Å². The Balaban J connectivity index is 1.37. The first-order valence-electron chi connectivity index (χ1n) is 10.2. The summed E-state index contributed by atoms with van der Waals surface area (Å²) in [4.78, 5) is 9.30. The van der Waals surface area contributed by atoms with E-state index in [9.17, 15) is 0 Å². The van der Waals surface area contributed by atoms with Crippen molar-refractivity contribution in [2.45, 2.75) is 50.9 Å². The van der Waals surface area contributed by atoms with E-state index in [1.165, 1.54) is 0 Å². The number of aromatic nitrogens is 4. The van der Waals surface area contributed by atoms with Crippen molar-refractivity contribution in [3.8, 4) is 17.3 Å². The van der Waals surface area contributed by atoms with Crippen LogP contribution in [0.2, 0.25) is 0 Å². The van der Waals surface area contributed by atoms with Crippen LogP contribution in [0.3, 0.4) is 0 Å². The number of fused-ring (bicyclic) bond motifs is 2. The van der Waals surface area contributed by atoms with Crippen LogP contribution in [0.4, 0.5) is 0 Å². The third-order valence-electron chi connectivity index (χ3n) is 5.48. The van der Waals surface area contributed by atoms with Crippen LogP contribution in [0.25, 0.3) is 5.82 Å². The Morgan fingerprint density at radius 1 is 1.07 bits per heavy atom. The molecule has 0 amide bonds. The Hall–Kier alpha value is -2.93. The van der Waals surface area contributed by atoms with Gasteiger partial charge in [-0.3, -0.25) is 0 Å². The smallest absolute Gasteiger partial charge is 0.188 e. The summed E-state index contributed by atoms with van der Waals surface area (Å²) < 4.78 is 19.3. The van der Waals surface area contributed by atoms with E-state index in [-0.39, 0.29) is 12.0 Å². The van der Waals surface area contributed by atoms with Crippen molar-refractivity contribution in [1.82, 2.24) is 19.7 Å². The largest absolute Gasteiger partial charge is 0.494 e. The van der Waals surface area contributed by atoms with Gasteiger partial charge >= 0.3 is 0 Å². The van der Waals surface area contributed by atoms with Gasteiger partial charge in [0.05, 0.1) is 18.8 Å². The van der Waals surface area contributed by atoms with E-state index in [2.05, 4.69) is 4.98 Å². The molecule has 2 fully saturated rings. The molecule has 29 heavy (non-hydrogen) atoms. The van der Waals surface area contributed by atoms with E-state index in [1.54, 1.807) is 6.20 Å². The van der Waals surface area contributed by atoms with Gasteiger partial charge in [-0.05, 0) is 62.6 Å². The Morgan fingerprint density at radius 3 is 2.55 bits per heavy atom. The third kappa shape index (κ3) is 3.70. The molecule has 4 heterocycles. The zero-order chi connectivity index (χ0) is 19.6. The van der Waals surface area contributed by atoms with Gasteiger partial charge in [0.1, 0.15) is 23.9 Å². The number of rotatable bonds is 7. The van der Waals surface area contributed by atoms with Gasteiger partial charge in [0.2, 0.25) is 0 Å². The molecule has 0 aliphatic carbocycles. The van der Waals surface area contributed by atoms with Crippen LogP contribution in [0.5, 0.6) is 11.5 Å². The molecule has 5 rings (SSSR count). The van der Waals surface area contributed by atoms with E-state index >= 15 is 0 Å². The fraction of sp³-hybridized carbons (Fsp3) is 0.409. The van der Waals surface area contributed by atoms with Gasteiger partial charge in [0.15, 0.2) is 11.6 Å². The lowest BCUT2D eigenvalue weighted by molar-refractivity contribution is 0.0996. The molecule has 0 spiro atoms. The Kier molecular flexibility index (Phi) is 4.89. The number of pyridine rings is 1. The lowest BCUT2D eigenvalue weighted by Crippen LogP contribution is -2.19. The molecule has 0 radical (unpaired) electrons. The molecule has 7 heteroatoms. The summed E-state index contributed by atoms with van der Waals surface area (Å²) in [6, 6.07) is 13.4. The maximum Gasteiger partial charge on any atom is 0.188 e. The molecule has 1 aromatic carbocycles. The molecular weight excluding hydrogens is 368 g/mol. The van der Waals surface area contributed by atoms with E-state index in [0.717, 1.165) is 42.4 Å². The maximum atomic E-state index is 6.06. The van der Waals surface area contributed by atoms with Crippen LogP contribution in [0.15, 0.2) is 48.7 Å². The highest BCUT2D eigenvalue weighted by molar-refractivity contribution is 5.31. The highest BCUT2D eigenvalue weighted by atomic mass is 16.5. The molecule has 2 aliphatic heterocycles. The predicted molar refractivity (Wildman–Crippen MR) is 106 cm³/mol. The molecule has 3 aromatic rings. The number of hydrogen-bond acceptors (Lipinski definition) is 6. The Morgan fingerprint density at radius 2 is 1.90 bits per heavy atom. The second-order valence-electron chi connectivity index (χ2n) is 7.40. The van der Waals surface area contributed by atoms with E-state index in [0.29, 0.717) is 25.1 Å². The molecule has 2 bridgehead atoms. The van der Waals surface area contributed by atoms with Crippen molar-refractivity contribution < 1.29 is 14.2 Å². The standard InChI is InChI=1S/C22H24N4O3/c1-2-27-15-6-8-16(9-7-15)28-14-20-24-22(18-13-17-10-11-19(18)29-17)26(25-20)21-5-3-4-12-23-21/h3-9,12,17-19H,2,10-11,13-14H2,1H3/t17-,18-,19+/m0/s1. The number of ether oxygens (including phenoxy) is 3. The van der Waals surface area contributed by atoms with Gasteiger partial charge in [-0.25, -0.2) is 9.97 Å². The molecule has 2 aliphatic rings. The first kappa shape index (κ1) is 18.1. The SMILES string of the molecule is CCOc1ccc(OCc2nc([C@H]3C[C@@H]4CC[C@H]3O4)n(-c3ccccn3)n2)cc1. The summed E-state index contributed by atoms with van der Waals surface area (Å²) in [6.45, 7) is 2.90. The first-order valence-corrected chi connectivity index (χ1v) is 10.2. The summed E-state index contributed by atoms with van der Waals surface area (Å²) in [5.74, 6) is 4.17. The number of nitrogens with zero attached hydrogens (tertiary/aromatic N) is 4. The van der Waals surface area contributed by atoms with Crippen LogP contribution in [0.1, 0.15) is 43.8 Å². The van der Waals surface area contributed by atoms with Crippen LogP contribution >= 0.6 is 0 Å². The molecule has 2 saturated heterocycles. The van der Waals surface area contributed by atoms with Crippen LogP contribution in [-0.2, 0) is 11.3 Å². The third-order valence-corrected chi connectivity index (χ3v) is 5.48. The van der Waals surface area contributed by atoms with E-state index in [4.69, 9.17) is 24.3 Å². The summed E-state index contributed by atoms with van der Waals surface area (Å²) in [5.41, 5.74) is 0. The molecule has 7 nitrogen and oxygen atoms in total. The summed E-state index contributed by atoms with van der Waals surface area (Å²) in [5, 5.41) is 4.71. The Bertz CT molecular complexity index is 958. The quantitative estimate of drug-likeness (QED) is 0.611. The fourth-order valence-electron chi connectivity index (χ4n) is 4.17. The van der Waals surface area contributed by atoms with Gasteiger partial charge < -0.3 is 14.2 Å². The average Bonchev–Trinajstić information content (AvgIpc) is 3.49. The average molecular weight is 392 g/mol. The lowest BCUT2D eigenvalue weighted by Gasteiger charge is -2.18. The highest BCUT2D eigenvalue weighted by Crippen LogP contribution is 2.44. The van der Waals surface area contributed by atoms with Crippen molar-refractivity contribution in [3.05, 3.63) is 60.3 Å². The zero-order valence-electron chi connectivity index (χ0n) is 16.4. The van der Waals surface area contributed by atoms with Crippen LogP contribution < -0.4 is 9.47 Å². The number of hydrogen-bond donors (Lipinski definition) is 0. The van der Waals surface area contributed by atoms with Gasteiger partial charge in [-0.15, -0.1) is 5.10 Å². The van der Waals surface area contributed by atoms with Crippen molar-refractivity contribution in [3.63, 3.8) is 0 Å². The van der Waals surface area contributed by atoms with Crippen LogP contribution in [0, 0.1) is 0 Å².